The highest BCUT2D eigenvalue weighted by Crippen LogP contribution is 2.06. The van der Waals surface area contributed by atoms with Crippen molar-refractivity contribution in [1.82, 2.24) is 10.2 Å². The molecule has 0 radical (unpaired) electrons. The molecular weight excluding hydrogens is 168 g/mol. The predicted octanol–water partition coefficient (Wildman–Crippen LogP) is -0.213. The van der Waals surface area contributed by atoms with E-state index in [1.165, 1.54) is 0 Å². The van der Waals surface area contributed by atoms with E-state index in [-0.39, 0.29) is 11.7 Å². The summed E-state index contributed by atoms with van der Waals surface area (Å²) in [5.41, 5.74) is 0. The molecule has 4 heteroatoms. The number of Topliss-reactive ketones (excluding diaryl/α,β-unsaturated/α-hetero) is 1. The third-order valence-electron chi connectivity index (χ3n) is 2.26. The lowest BCUT2D eigenvalue weighted by Crippen LogP contribution is -2.39. The number of carbonyl (C=O) groups is 2. The number of piperidine rings is 1. The van der Waals surface area contributed by atoms with Gasteiger partial charge in [0, 0.05) is 38.9 Å². The molecule has 1 aliphatic heterocycles. The van der Waals surface area contributed by atoms with Crippen LogP contribution in [0.5, 0.6) is 0 Å². The van der Waals surface area contributed by atoms with E-state index in [1.54, 1.807) is 4.90 Å². The van der Waals surface area contributed by atoms with Crippen molar-refractivity contribution < 1.29 is 9.59 Å². The molecule has 0 atom stereocenters. The number of hydrogen-bond donors (Lipinski definition) is 1. The molecule has 1 amide bonds. The molecule has 0 aromatic rings. The van der Waals surface area contributed by atoms with Gasteiger partial charge in [0.05, 0.1) is 0 Å². The average molecular weight is 184 g/mol. The standard InChI is InChI=1S/C9H16N2O2/c1-10-5-2-9(13)11-6-3-8(12)4-7-11/h10H,2-7H2,1H3. The molecule has 0 unspecified atom stereocenters. The van der Waals surface area contributed by atoms with Crippen molar-refractivity contribution in [3.63, 3.8) is 0 Å². The van der Waals surface area contributed by atoms with E-state index in [2.05, 4.69) is 5.32 Å². The molecule has 0 spiro atoms. The second-order valence-electron chi connectivity index (χ2n) is 3.27. The van der Waals surface area contributed by atoms with Gasteiger partial charge in [0.2, 0.25) is 5.91 Å². The Hall–Kier alpha value is -0.900. The minimum atomic E-state index is 0.154. The maximum Gasteiger partial charge on any atom is 0.223 e. The number of amides is 1. The van der Waals surface area contributed by atoms with Crippen molar-refractivity contribution in [1.29, 1.82) is 0 Å². The van der Waals surface area contributed by atoms with Gasteiger partial charge in [-0.25, -0.2) is 0 Å². The molecule has 0 saturated carbocycles. The van der Waals surface area contributed by atoms with E-state index < -0.39 is 0 Å². The summed E-state index contributed by atoms with van der Waals surface area (Å²) in [6, 6.07) is 0. The Balaban J connectivity index is 2.27. The second kappa shape index (κ2) is 4.97. The first-order valence-electron chi connectivity index (χ1n) is 4.68. The molecule has 0 aliphatic carbocycles. The van der Waals surface area contributed by atoms with Crippen LogP contribution in [0.1, 0.15) is 19.3 Å². The number of hydrogen-bond acceptors (Lipinski definition) is 3. The highest BCUT2D eigenvalue weighted by Gasteiger charge is 2.19. The molecule has 1 aliphatic rings. The summed E-state index contributed by atoms with van der Waals surface area (Å²) in [5, 5.41) is 2.93. The van der Waals surface area contributed by atoms with Crippen LogP contribution in [0.25, 0.3) is 0 Å². The van der Waals surface area contributed by atoms with E-state index >= 15 is 0 Å². The summed E-state index contributed by atoms with van der Waals surface area (Å²) in [4.78, 5) is 24.1. The fraction of sp³-hybridized carbons (Fsp3) is 0.778. The maximum atomic E-state index is 11.4. The van der Waals surface area contributed by atoms with Crippen molar-refractivity contribution in [2.24, 2.45) is 0 Å². The molecule has 4 nitrogen and oxygen atoms in total. The number of likely N-dealkylation sites (tertiary alicyclic amines) is 1. The quantitative estimate of drug-likeness (QED) is 0.660. The average Bonchev–Trinajstić information content (AvgIpc) is 2.15. The van der Waals surface area contributed by atoms with Crippen LogP contribution in [0.3, 0.4) is 0 Å². The van der Waals surface area contributed by atoms with Crippen molar-refractivity contribution in [3.05, 3.63) is 0 Å². The van der Waals surface area contributed by atoms with Gasteiger partial charge in [-0.1, -0.05) is 0 Å². The minimum Gasteiger partial charge on any atom is -0.342 e. The van der Waals surface area contributed by atoms with Gasteiger partial charge in [-0.05, 0) is 7.05 Å². The highest BCUT2D eigenvalue weighted by atomic mass is 16.2. The van der Waals surface area contributed by atoms with Crippen LogP contribution in [0, 0.1) is 0 Å². The van der Waals surface area contributed by atoms with Crippen molar-refractivity contribution in [3.8, 4) is 0 Å². The fourth-order valence-corrected chi connectivity index (χ4v) is 1.40. The predicted molar refractivity (Wildman–Crippen MR) is 49.4 cm³/mol. The van der Waals surface area contributed by atoms with Crippen LogP contribution in [0.4, 0.5) is 0 Å². The Labute approximate surface area is 78.3 Å². The van der Waals surface area contributed by atoms with Crippen LogP contribution >= 0.6 is 0 Å². The molecule has 1 heterocycles. The van der Waals surface area contributed by atoms with Crippen molar-refractivity contribution in [2.45, 2.75) is 19.3 Å². The monoisotopic (exact) mass is 184 g/mol. The zero-order valence-electron chi connectivity index (χ0n) is 8.01. The van der Waals surface area contributed by atoms with Crippen molar-refractivity contribution >= 4 is 11.7 Å². The lowest BCUT2D eigenvalue weighted by Gasteiger charge is -2.25. The Morgan fingerprint density at radius 2 is 2.08 bits per heavy atom. The second-order valence-corrected chi connectivity index (χ2v) is 3.27. The number of nitrogens with zero attached hydrogens (tertiary/aromatic N) is 1. The topological polar surface area (TPSA) is 49.4 Å². The van der Waals surface area contributed by atoms with Crippen LogP contribution in [0.15, 0.2) is 0 Å². The molecule has 74 valence electrons. The SMILES string of the molecule is CNCCC(=O)N1CCC(=O)CC1. The lowest BCUT2D eigenvalue weighted by atomic mass is 10.1. The molecule has 1 fully saturated rings. The largest absolute Gasteiger partial charge is 0.342 e. The van der Waals surface area contributed by atoms with E-state index in [0.717, 1.165) is 0 Å². The smallest absolute Gasteiger partial charge is 0.223 e. The van der Waals surface area contributed by atoms with Crippen molar-refractivity contribution in [2.75, 3.05) is 26.7 Å². The lowest BCUT2D eigenvalue weighted by molar-refractivity contribution is -0.134. The van der Waals surface area contributed by atoms with Gasteiger partial charge in [-0.2, -0.15) is 0 Å². The number of nitrogens with one attached hydrogen (secondary N) is 1. The van der Waals surface area contributed by atoms with Crippen LogP contribution < -0.4 is 5.32 Å². The third-order valence-corrected chi connectivity index (χ3v) is 2.26. The van der Waals surface area contributed by atoms with E-state index in [4.69, 9.17) is 0 Å². The minimum absolute atomic E-state index is 0.154. The van der Waals surface area contributed by atoms with Gasteiger partial charge in [-0.3, -0.25) is 9.59 Å². The zero-order chi connectivity index (χ0) is 9.68. The van der Waals surface area contributed by atoms with Gasteiger partial charge in [0.15, 0.2) is 0 Å². The summed E-state index contributed by atoms with van der Waals surface area (Å²) < 4.78 is 0. The molecule has 0 bridgehead atoms. The van der Waals surface area contributed by atoms with E-state index in [0.29, 0.717) is 38.9 Å². The third kappa shape index (κ3) is 3.14. The molecule has 0 aromatic carbocycles. The Bertz CT molecular complexity index is 194. The van der Waals surface area contributed by atoms with E-state index in [1.807, 2.05) is 7.05 Å². The molecule has 1 N–H and O–H groups in total. The molecule has 13 heavy (non-hydrogen) atoms. The maximum absolute atomic E-state index is 11.4. The van der Waals surface area contributed by atoms with Gasteiger partial charge < -0.3 is 10.2 Å². The molecule has 1 rings (SSSR count). The molecule has 0 aromatic heterocycles. The number of rotatable bonds is 3. The molecular formula is C9H16N2O2. The van der Waals surface area contributed by atoms with Crippen LogP contribution in [0.2, 0.25) is 0 Å². The van der Waals surface area contributed by atoms with E-state index in [9.17, 15) is 9.59 Å². The van der Waals surface area contributed by atoms with Gasteiger partial charge in [0.25, 0.3) is 0 Å². The summed E-state index contributed by atoms with van der Waals surface area (Å²) >= 11 is 0. The fourth-order valence-electron chi connectivity index (χ4n) is 1.40. The first-order valence-corrected chi connectivity index (χ1v) is 4.68. The number of carbonyl (C=O) groups excluding carboxylic acids is 2. The van der Waals surface area contributed by atoms with Gasteiger partial charge in [-0.15, -0.1) is 0 Å². The normalized spacial score (nSPS) is 17.6. The van der Waals surface area contributed by atoms with Crippen LogP contribution in [-0.2, 0) is 9.59 Å². The Morgan fingerprint density at radius 1 is 1.46 bits per heavy atom. The summed E-state index contributed by atoms with van der Waals surface area (Å²) in [6.45, 7) is 1.94. The summed E-state index contributed by atoms with van der Waals surface area (Å²) in [6.07, 6.45) is 1.60. The van der Waals surface area contributed by atoms with Crippen LogP contribution in [-0.4, -0.2) is 43.3 Å². The summed E-state index contributed by atoms with van der Waals surface area (Å²) in [5.74, 6) is 0.430. The highest BCUT2D eigenvalue weighted by molar-refractivity contribution is 5.83. The molecule has 1 saturated heterocycles. The van der Waals surface area contributed by atoms with Gasteiger partial charge in [0.1, 0.15) is 5.78 Å². The first-order chi connectivity index (χ1) is 6.24. The zero-order valence-corrected chi connectivity index (χ0v) is 8.01. The Kier molecular flexibility index (Phi) is 3.89. The van der Waals surface area contributed by atoms with Gasteiger partial charge >= 0.3 is 0 Å². The number of ketones is 1. The Morgan fingerprint density at radius 3 is 2.62 bits per heavy atom. The first kappa shape index (κ1) is 10.2. The summed E-state index contributed by atoms with van der Waals surface area (Å²) in [7, 11) is 1.83.